The van der Waals surface area contributed by atoms with Gasteiger partial charge in [0.15, 0.2) is 0 Å². The van der Waals surface area contributed by atoms with Crippen LogP contribution >= 0.6 is 0 Å². The Morgan fingerprint density at radius 2 is 1.41 bits per heavy atom. The maximum Gasteiger partial charge on any atom is 0.225 e. The average Bonchev–Trinajstić information content (AvgIpc) is 2.27. The molecule has 2 unspecified atom stereocenters. The van der Waals surface area contributed by atoms with E-state index >= 15 is 0 Å². The number of carbonyl (C=O) groups is 1. The van der Waals surface area contributed by atoms with Crippen LogP contribution < -0.4 is 0 Å². The van der Waals surface area contributed by atoms with Crippen LogP contribution in [-0.2, 0) is 9.53 Å². The summed E-state index contributed by atoms with van der Waals surface area (Å²) in [6.07, 6.45) is 0.359. The molecule has 0 aliphatic carbocycles. The standard InChI is InChI=1S/C14H27NO2/c1-9(2)12-7-15(14(16)11(5)6)8-13(17-12)10(3)4/h9-13H,7-8H2,1-6H3. The molecule has 1 amide bonds. The van der Waals surface area contributed by atoms with Crippen molar-refractivity contribution in [1.82, 2.24) is 4.90 Å². The fourth-order valence-corrected chi connectivity index (χ4v) is 2.10. The van der Waals surface area contributed by atoms with Crippen LogP contribution in [0.4, 0.5) is 0 Å². The lowest BCUT2D eigenvalue weighted by Crippen LogP contribution is -2.53. The van der Waals surface area contributed by atoms with Gasteiger partial charge in [-0.2, -0.15) is 0 Å². The highest BCUT2D eigenvalue weighted by Gasteiger charge is 2.33. The molecule has 1 aliphatic rings. The van der Waals surface area contributed by atoms with Gasteiger partial charge in [0.1, 0.15) is 0 Å². The molecule has 1 heterocycles. The van der Waals surface area contributed by atoms with E-state index in [-0.39, 0.29) is 24.0 Å². The number of hydrogen-bond donors (Lipinski definition) is 0. The highest BCUT2D eigenvalue weighted by Crippen LogP contribution is 2.23. The normalized spacial score (nSPS) is 26.1. The van der Waals surface area contributed by atoms with Crippen molar-refractivity contribution in [2.24, 2.45) is 17.8 Å². The lowest BCUT2D eigenvalue weighted by atomic mass is 9.98. The molecule has 17 heavy (non-hydrogen) atoms. The molecule has 0 saturated carbocycles. The average molecular weight is 241 g/mol. The predicted octanol–water partition coefficient (Wildman–Crippen LogP) is 2.55. The first-order valence-electron chi connectivity index (χ1n) is 6.77. The van der Waals surface area contributed by atoms with Gasteiger partial charge in [-0.05, 0) is 11.8 Å². The molecule has 1 rings (SSSR count). The Morgan fingerprint density at radius 1 is 1.00 bits per heavy atom. The van der Waals surface area contributed by atoms with Crippen LogP contribution in [0.2, 0.25) is 0 Å². The highest BCUT2D eigenvalue weighted by molar-refractivity contribution is 5.78. The number of nitrogens with zero attached hydrogens (tertiary/aromatic N) is 1. The Kier molecular flexibility index (Phi) is 4.99. The maximum absolute atomic E-state index is 12.1. The van der Waals surface area contributed by atoms with E-state index in [2.05, 4.69) is 27.7 Å². The summed E-state index contributed by atoms with van der Waals surface area (Å²) >= 11 is 0. The molecule has 1 saturated heterocycles. The van der Waals surface area contributed by atoms with Gasteiger partial charge < -0.3 is 9.64 Å². The zero-order chi connectivity index (χ0) is 13.2. The smallest absolute Gasteiger partial charge is 0.225 e. The van der Waals surface area contributed by atoms with E-state index in [0.717, 1.165) is 13.1 Å². The molecular weight excluding hydrogens is 214 g/mol. The van der Waals surface area contributed by atoms with Gasteiger partial charge in [0.05, 0.1) is 12.2 Å². The fourth-order valence-electron chi connectivity index (χ4n) is 2.10. The Morgan fingerprint density at radius 3 is 1.71 bits per heavy atom. The van der Waals surface area contributed by atoms with Crippen molar-refractivity contribution in [3.05, 3.63) is 0 Å². The topological polar surface area (TPSA) is 29.5 Å². The maximum atomic E-state index is 12.1. The van der Waals surface area contributed by atoms with Crippen molar-refractivity contribution in [1.29, 1.82) is 0 Å². The summed E-state index contributed by atoms with van der Waals surface area (Å²) in [5.74, 6) is 1.25. The summed E-state index contributed by atoms with van der Waals surface area (Å²) in [7, 11) is 0. The predicted molar refractivity (Wildman–Crippen MR) is 69.8 cm³/mol. The minimum absolute atomic E-state index is 0.0775. The van der Waals surface area contributed by atoms with Crippen LogP contribution in [-0.4, -0.2) is 36.1 Å². The zero-order valence-electron chi connectivity index (χ0n) is 12.1. The van der Waals surface area contributed by atoms with Crippen LogP contribution in [0.15, 0.2) is 0 Å². The van der Waals surface area contributed by atoms with Crippen molar-refractivity contribution < 1.29 is 9.53 Å². The molecule has 0 aromatic heterocycles. The number of hydrogen-bond acceptors (Lipinski definition) is 2. The second kappa shape index (κ2) is 5.85. The van der Waals surface area contributed by atoms with Crippen LogP contribution in [0.25, 0.3) is 0 Å². The Balaban J connectivity index is 2.75. The second-order valence-electron chi connectivity index (χ2n) is 6.10. The van der Waals surface area contributed by atoms with Crippen LogP contribution in [0.1, 0.15) is 41.5 Å². The van der Waals surface area contributed by atoms with Crippen molar-refractivity contribution in [3.8, 4) is 0 Å². The third-order valence-corrected chi connectivity index (χ3v) is 3.44. The minimum atomic E-state index is 0.0775. The molecule has 1 aliphatic heterocycles. The minimum Gasteiger partial charge on any atom is -0.371 e. The van der Waals surface area contributed by atoms with Crippen molar-refractivity contribution in [2.75, 3.05) is 13.1 Å². The van der Waals surface area contributed by atoms with E-state index in [1.165, 1.54) is 0 Å². The number of amides is 1. The summed E-state index contributed by atoms with van der Waals surface area (Å²) in [5.41, 5.74) is 0. The molecule has 100 valence electrons. The van der Waals surface area contributed by atoms with Gasteiger partial charge in [0.25, 0.3) is 0 Å². The van der Waals surface area contributed by atoms with Crippen LogP contribution in [0.3, 0.4) is 0 Å². The molecular formula is C14H27NO2. The summed E-state index contributed by atoms with van der Waals surface area (Å²) in [6, 6.07) is 0. The third kappa shape index (κ3) is 3.70. The second-order valence-corrected chi connectivity index (χ2v) is 6.10. The van der Waals surface area contributed by atoms with E-state index in [1.54, 1.807) is 0 Å². The molecule has 0 aromatic rings. The monoisotopic (exact) mass is 241 g/mol. The number of ether oxygens (including phenoxy) is 1. The Labute approximate surface area is 106 Å². The fraction of sp³-hybridized carbons (Fsp3) is 0.929. The molecule has 0 spiro atoms. The quantitative estimate of drug-likeness (QED) is 0.760. The number of rotatable bonds is 3. The summed E-state index contributed by atoms with van der Waals surface area (Å²) < 4.78 is 6.08. The summed E-state index contributed by atoms with van der Waals surface area (Å²) in [6.45, 7) is 14.1. The van der Waals surface area contributed by atoms with Crippen LogP contribution in [0.5, 0.6) is 0 Å². The van der Waals surface area contributed by atoms with Crippen molar-refractivity contribution in [3.63, 3.8) is 0 Å². The van der Waals surface area contributed by atoms with Gasteiger partial charge in [-0.25, -0.2) is 0 Å². The van der Waals surface area contributed by atoms with Gasteiger partial charge >= 0.3 is 0 Å². The molecule has 3 heteroatoms. The Bertz CT molecular complexity index is 245. The molecule has 0 radical (unpaired) electrons. The lowest BCUT2D eigenvalue weighted by Gasteiger charge is -2.42. The largest absolute Gasteiger partial charge is 0.371 e. The SMILES string of the molecule is CC(C)C(=O)N1CC(C(C)C)OC(C(C)C)C1. The van der Waals surface area contributed by atoms with Crippen molar-refractivity contribution >= 4 is 5.91 Å². The van der Waals surface area contributed by atoms with Gasteiger partial charge in [0, 0.05) is 19.0 Å². The summed E-state index contributed by atoms with van der Waals surface area (Å²) in [4.78, 5) is 14.1. The van der Waals surface area contributed by atoms with E-state index in [0.29, 0.717) is 11.8 Å². The molecule has 2 atom stereocenters. The zero-order valence-corrected chi connectivity index (χ0v) is 12.1. The van der Waals surface area contributed by atoms with Crippen molar-refractivity contribution in [2.45, 2.75) is 53.8 Å². The Hall–Kier alpha value is -0.570. The summed E-state index contributed by atoms with van der Waals surface area (Å²) in [5, 5.41) is 0. The molecule has 0 bridgehead atoms. The lowest BCUT2D eigenvalue weighted by molar-refractivity contribution is -0.156. The number of carbonyl (C=O) groups excluding carboxylic acids is 1. The van der Waals surface area contributed by atoms with Crippen LogP contribution in [0, 0.1) is 17.8 Å². The molecule has 0 aromatic carbocycles. The highest BCUT2D eigenvalue weighted by atomic mass is 16.5. The van der Waals surface area contributed by atoms with E-state index in [1.807, 2.05) is 18.7 Å². The van der Waals surface area contributed by atoms with E-state index < -0.39 is 0 Å². The van der Waals surface area contributed by atoms with Gasteiger partial charge in [-0.15, -0.1) is 0 Å². The molecule has 3 nitrogen and oxygen atoms in total. The van der Waals surface area contributed by atoms with E-state index in [4.69, 9.17) is 4.74 Å². The van der Waals surface area contributed by atoms with Gasteiger partial charge in [-0.1, -0.05) is 41.5 Å². The first kappa shape index (κ1) is 14.5. The first-order chi connectivity index (χ1) is 7.82. The van der Waals surface area contributed by atoms with E-state index in [9.17, 15) is 4.79 Å². The van der Waals surface area contributed by atoms with Gasteiger partial charge in [-0.3, -0.25) is 4.79 Å². The van der Waals surface area contributed by atoms with Gasteiger partial charge in [0.2, 0.25) is 5.91 Å². The molecule has 0 N–H and O–H groups in total. The first-order valence-corrected chi connectivity index (χ1v) is 6.77. The number of morpholine rings is 1. The third-order valence-electron chi connectivity index (χ3n) is 3.44. The molecule has 1 fully saturated rings.